The summed E-state index contributed by atoms with van der Waals surface area (Å²) in [7, 11) is 0. The average Bonchev–Trinajstić information content (AvgIpc) is 2.87. The molecule has 1 heterocycles. The summed E-state index contributed by atoms with van der Waals surface area (Å²) in [6.45, 7) is 0. The van der Waals surface area contributed by atoms with Crippen molar-refractivity contribution < 1.29 is 4.79 Å². The molecule has 0 saturated heterocycles. The van der Waals surface area contributed by atoms with Crippen LogP contribution in [-0.2, 0) is 12.8 Å². The number of benzene rings is 1. The molecule has 1 amide bonds. The quantitative estimate of drug-likeness (QED) is 0.887. The molecule has 4 heteroatoms. The van der Waals surface area contributed by atoms with E-state index in [0.29, 0.717) is 11.6 Å². The summed E-state index contributed by atoms with van der Waals surface area (Å²) in [5.41, 5.74) is 5.63. The molecular weight excluding hydrogens is 262 g/mol. The average molecular weight is 279 g/mol. The highest BCUT2D eigenvalue weighted by atomic mass is 16.2. The van der Waals surface area contributed by atoms with E-state index in [1.165, 1.54) is 28.8 Å². The first kappa shape index (κ1) is 11.5. The SMILES string of the molecule is O=C(N[C@H]1CCc2ccccc21)c1n[nH]c2c1CC1CC21. The van der Waals surface area contributed by atoms with Crippen molar-refractivity contribution in [1.29, 1.82) is 0 Å². The van der Waals surface area contributed by atoms with E-state index in [-0.39, 0.29) is 11.9 Å². The van der Waals surface area contributed by atoms with Crippen molar-refractivity contribution in [3.05, 3.63) is 52.3 Å². The summed E-state index contributed by atoms with van der Waals surface area (Å²) in [6.07, 6.45) is 4.33. The Kier molecular flexibility index (Phi) is 2.18. The van der Waals surface area contributed by atoms with E-state index in [0.717, 1.165) is 25.2 Å². The molecular formula is C17H17N3O. The Bertz CT molecular complexity index is 748. The van der Waals surface area contributed by atoms with Gasteiger partial charge in [-0.25, -0.2) is 0 Å². The molecule has 2 N–H and O–H groups in total. The van der Waals surface area contributed by atoms with Gasteiger partial charge in [-0.1, -0.05) is 24.3 Å². The molecule has 3 atom stereocenters. The van der Waals surface area contributed by atoms with Crippen LogP contribution in [0, 0.1) is 5.92 Å². The maximum Gasteiger partial charge on any atom is 0.272 e. The van der Waals surface area contributed by atoms with Gasteiger partial charge in [0.25, 0.3) is 5.91 Å². The minimum Gasteiger partial charge on any atom is -0.344 e. The maximum absolute atomic E-state index is 12.6. The lowest BCUT2D eigenvalue weighted by molar-refractivity contribution is 0.0930. The molecule has 5 rings (SSSR count). The molecule has 0 bridgehead atoms. The third kappa shape index (κ3) is 1.62. The van der Waals surface area contributed by atoms with Crippen molar-refractivity contribution in [3.63, 3.8) is 0 Å². The molecule has 1 aromatic carbocycles. The van der Waals surface area contributed by atoms with Gasteiger partial charge in [0, 0.05) is 17.2 Å². The van der Waals surface area contributed by atoms with Crippen LogP contribution in [0.15, 0.2) is 24.3 Å². The van der Waals surface area contributed by atoms with E-state index in [1.54, 1.807) is 0 Å². The summed E-state index contributed by atoms with van der Waals surface area (Å²) >= 11 is 0. The molecule has 21 heavy (non-hydrogen) atoms. The highest BCUT2D eigenvalue weighted by Gasteiger charge is 2.48. The van der Waals surface area contributed by atoms with Crippen LogP contribution in [-0.4, -0.2) is 16.1 Å². The predicted octanol–water partition coefficient (Wildman–Crippen LogP) is 2.49. The first-order chi connectivity index (χ1) is 10.3. The van der Waals surface area contributed by atoms with Gasteiger partial charge >= 0.3 is 0 Å². The fourth-order valence-corrected chi connectivity index (χ4v) is 4.10. The van der Waals surface area contributed by atoms with Crippen molar-refractivity contribution in [2.75, 3.05) is 0 Å². The zero-order valence-electron chi connectivity index (χ0n) is 11.7. The van der Waals surface area contributed by atoms with E-state index >= 15 is 0 Å². The van der Waals surface area contributed by atoms with Crippen LogP contribution >= 0.6 is 0 Å². The molecule has 1 saturated carbocycles. The lowest BCUT2D eigenvalue weighted by atomic mass is 10.1. The summed E-state index contributed by atoms with van der Waals surface area (Å²) in [6, 6.07) is 8.52. The van der Waals surface area contributed by atoms with Gasteiger partial charge < -0.3 is 5.32 Å². The number of aryl methyl sites for hydroxylation is 1. The predicted molar refractivity (Wildman–Crippen MR) is 78.1 cm³/mol. The van der Waals surface area contributed by atoms with Crippen LogP contribution in [0.25, 0.3) is 0 Å². The highest BCUT2D eigenvalue weighted by Crippen LogP contribution is 2.56. The summed E-state index contributed by atoms with van der Waals surface area (Å²) in [5.74, 6) is 1.41. The number of rotatable bonds is 2. The number of carbonyl (C=O) groups is 1. The molecule has 1 fully saturated rings. The standard InChI is InChI=1S/C17H17N3O/c21-17(16-13-8-10-7-12(10)15(13)19-20-16)18-14-6-5-9-3-1-2-4-11(9)14/h1-4,10,12,14H,5-8H2,(H,18,21)(H,19,20)/t10?,12?,14-/m0/s1. The fraction of sp³-hybridized carbons (Fsp3) is 0.412. The number of aromatic amines is 1. The third-order valence-corrected chi connectivity index (χ3v) is 5.31. The monoisotopic (exact) mass is 279 g/mol. The second kappa shape index (κ2) is 3.97. The van der Waals surface area contributed by atoms with Gasteiger partial charge in [0.05, 0.1) is 6.04 Å². The van der Waals surface area contributed by atoms with Crippen molar-refractivity contribution in [1.82, 2.24) is 15.5 Å². The van der Waals surface area contributed by atoms with Gasteiger partial charge in [-0.15, -0.1) is 0 Å². The number of aromatic nitrogens is 2. The third-order valence-electron chi connectivity index (χ3n) is 5.31. The van der Waals surface area contributed by atoms with Crippen LogP contribution in [0.5, 0.6) is 0 Å². The highest BCUT2D eigenvalue weighted by molar-refractivity contribution is 5.94. The van der Waals surface area contributed by atoms with Crippen LogP contribution in [0.2, 0.25) is 0 Å². The van der Waals surface area contributed by atoms with Gasteiger partial charge in [-0.2, -0.15) is 5.10 Å². The Balaban J connectivity index is 1.40. The molecule has 0 radical (unpaired) electrons. The number of fused-ring (bicyclic) bond motifs is 4. The molecule has 4 nitrogen and oxygen atoms in total. The normalized spacial score (nSPS) is 27.9. The second-order valence-corrected chi connectivity index (χ2v) is 6.53. The van der Waals surface area contributed by atoms with Crippen molar-refractivity contribution in [2.45, 2.75) is 37.6 Å². The molecule has 1 aromatic heterocycles. The molecule has 106 valence electrons. The number of H-pyrrole nitrogens is 1. The smallest absolute Gasteiger partial charge is 0.272 e. The minimum atomic E-state index is -0.0181. The number of hydrogen-bond acceptors (Lipinski definition) is 2. The number of nitrogens with zero attached hydrogens (tertiary/aromatic N) is 1. The van der Waals surface area contributed by atoms with E-state index in [4.69, 9.17) is 0 Å². The lowest BCUT2D eigenvalue weighted by Crippen LogP contribution is -2.28. The summed E-state index contributed by atoms with van der Waals surface area (Å²) < 4.78 is 0. The fourth-order valence-electron chi connectivity index (χ4n) is 4.10. The summed E-state index contributed by atoms with van der Waals surface area (Å²) in [4.78, 5) is 12.6. The van der Waals surface area contributed by atoms with Gasteiger partial charge in [-0.05, 0) is 42.7 Å². The Morgan fingerprint density at radius 2 is 2.24 bits per heavy atom. The van der Waals surface area contributed by atoms with Crippen LogP contribution in [0.3, 0.4) is 0 Å². The van der Waals surface area contributed by atoms with Crippen molar-refractivity contribution >= 4 is 5.91 Å². The number of carbonyl (C=O) groups excluding carboxylic acids is 1. The van der Waals surface area contributed by atoms with E-state index in [1.807, 2.05) is 6.07 Å². The number of nitrogens with one attached hydrogen (secondary N) is 2. The minimum absolute atomic E-state index is 0.0181. The van der Waals surface area contributed by atoms with Gasteiger partial charge in [0.15, 0.2) is 5.69 Å². The maximum atomic E-state index is 12.6. The zero-order chi connectivity index (χ0) is 14.0. The first-order valence-corrected chi connectivity index (χ1v) is 7.77. The Labute approximate surface area is 122 Å². The van der Waals surface area contributed by atoms with Crippen LogP contribution in [0.4, 0.5) is 0 Å². The molecule has 2 aromatic rings. The van der Waals surface area contributed by atoms with Crippen molar-refractivity contribution in [2.24, 2.45) is 5.92 Å². The topological polar surface area (TPSA) is 57.8 Å². The summed E-state index contributed by atoms with van der Waals surface area (Å²) in [5, 5.41) is 10.5. The van der Waals surface area contributed by atoms with E-state index in [9.17, 15) is 4.79 Å². The second-order valence-electron chi connectivity index (χ2n) is 6.53. The molecule has 2 unspecified atom stereocenters. The number of amides is 1. The first-order valence-electron chi connectivity index (χ1n) is 7.77. The largest absolute Gasteiger partial charge is 0.344 e. The van der Waals surface area contributed by atoms with Gasteiger partial charge in [-0.3, -0.25) is 9.89 Å². The van der Waals surface area contributed by atoms with Crippen molar-refractivity contribution in [3.8, 4) is 0 Å². The van der Waals surface area contributed by atoms with E-state index < -0.39 is 0 Å². The number of hydrogen-bond donors (Lipinski definition) is 2. The molecule has 0 aliphatic heterocycles. The van der Waals surface area contributed by atoms with E-state index in [2.05, 4.69) is 33.7 Å². The molecule has 3 aliphatic rings. The molecule has 3 aliphatic carbocycles. The molecule has 0 spiro atoms. The van der Waals surface area contributed by atoms with Gasteiger partial charge in [0.1, 0.15) is 0 Å². The Morgan fingerprint density at radius 1 is 1.33 bits per heavy atom. The Hall–Kier alpha value is -2.10. The van der Waals surface area contributed by atoms with Gasteiger partial charge in [0.2, 0.25) is 0 Å². The zero-order valence-corrected chi connectivity index (χ0v) is 11.7. The lowest BCUT2D eigenvalue weighted by Gasteiger charge is -2.13. The van der Waals surface area contributed by atoms with Crippen LogP contribution < -0.4 is 5.32 Å². The Morgan fingerprint density at radius 3 is 3.19 bits per heavy atom. The van der Waals surface area contributed by atoms with Crippen LogP contribution in [0.1, 0.15) is 57.7 Å².